The number of likely N-dealkylation sites (tertiary alicyclic amines) is 1. The molecule has 1 unspecified atom stereocenters. The first-order valence-corrected chi connectivity index (χ1v) is 14.8. The van der Waals surface area contributed by atoms with E-state index in [0.29, 0.717) is 17.4 Å². The topological polar surface area (TPSA) is 154 Å². The molecule has 0 aliphatic carbocycles. The van der Waals surface area contributed by atoms with E-state index in [9.17, 15) is 23.3 Å². The van der Waals surface area contributed by atoms with Crippen LogP contribution >= 0.6 is 0 Å². The van der Waals surface area contributed by atoms with Gasteiger partial charge < -0.3 is 20.1 Å². The van der Waals surface area contributed by atoms with Crippen LogP contribution in [0.4, 0.5) is 10.5 Å². The quantitative estimate of drug-likeness (QED) is 0.382. The first-order chi connectivity index (χ1) is 20.2. The van der Waals surface area contributed by atoms with E-state index in [0.717, 1.165) is 6.54 Å². The van der Waals surface area contributed by atoms with E-state index < -0.39 is 27.5 Å². The summed E-state index contributed by atoms with van der Waals surface area (Å²) in [5, 5.41) is 15.4. The minimum Gasteiger partial charge on any atom is -0.495 e. The maximum atomic E-state index is 14.8. The Balaban J connectivity index is 1.73. The summed E-state index contributed by atoms with van der Waals surface area (Å²) < 4.78 is 40.2. The standard InChI is InChI=1S/C29H30N6O6S/c1-4-34-17-20(18-34)32-28(37)33-29(21-9-8-14-31-26(21)41-5-2)22-15-19(16-30)12-13-23(22)35(27(29)36)42(38,39)25-11-7-6-10-24(25)40-3/h6-15,20H,4-5,17-18H2,1-3H3,(H2,32,33,37). The maximum Gasteiger partial charge on any atom is 0.316 e. The molecule has 0 saturated carbocycles. The second-order valence-electron chi connectivity index (χ2n) is 9.76. The van der Waals surface area contributed by atoms with Crippen LogP contribution in [0.15, 0.2) is 65.7 Å². The average Bonchev–Trinajstić information content (AvgIpc) is 3.22. The van der Waals surface area contributed by atoms with Crippen molar-refractivity contribution in [1.82, 2.24) is 20.5 Å². The third-order valence-electron chi connectivity index (χ3n) is 7.34. The lowest BCUT2D eigenvalue weighted by atomic mass is 9.83. The van der Waals surface area contributed by atoms with Gasteiger partial charge in [0.1, 0.15) is 10.6 Å². The van der Waals surface area contributed by atoms with Crippen molar-refractivity contribution < 1.29 is 27.5 Å². The Kier molecular flexibility index (Phi) is 7.77. The molecule has 2 aliphatic heterocycles. The number of nitrogens with one attached hydrogen (secondary N) is 2. The number of benzene rings is 2. The number of anilines is 1. The number of methoxy groups -OCH3 is 1. The third-order valence-corrected chi connectivity index (χ3v) is 9.07. The molecule has 1 aromatic heterocycles. The number of ether oxygens (including phenoxy) is 2. The zero-order valence-corrected chi connectivity index (χ0v) is 24.1. The molecule has 5 rings (SSSR count). The molecule has 12 nitrogen and oxygen atoms in total. The van der Waals surface area contributed by atoms with Crippen molar-refractivity contribution in [3.63, 3.8) is 0 Å². The number of nitriles is 1. The number of carbonyl (C=O) groups excluding carboxylic acids is 2. The molecule has 42 heavy (non-hydrogen) atoms. The lowest BCUT2D eigenvalue weighted by molar-refractivity contribution is -0.121. The Bertz CT molecular complexity index is 1680. The molecule has 1 saturated heterocycles. The normalized spacial score (nSPS) is 18.5. The Labute approximate surface area is 243 Å². The molecule has 3 aromatic rings. The first kappa shape index (κ1) is 28.8. The molecular weight excluding hydrogens is 560 g/mol. The van der Waals surface area contributed by atoms with Gasteiger partial charge in [-0.15, -0.1) is 0 Å². The largest absolute Gasteiger partial charge is 0.495 e. The van der Waals surface area contributed by atoms with Crippen molar-refractivity contribution in [2.75, 3.05) is 37.7 Å². The molecule has 0 bridgehead atoms. The highest BCUT2D eigenvalue weighted by atomic mass is 32.2. The van der Waals surface area contributed by atoms with Gasteiger partial charge in [-0.05, 0) is 55.9 Å². The zero-order valence-electron chi connectivity index (χ0n) is 23.3. The molecule has 2 aromatic carbocycles. The number of likely N-dealkylation sites (N-methyl/N-ethyl adjacent to an activating group) is 1. The van der Waals surface area contributed by atoms with Crippen molar-refractivity contribution in [2.24, 2.45) is 0 Å². The van der Waals surface area contributed by atoms with Crippen LogP contribution in [0.1, 0.15) is 30.5 Å². The van der Waals surface area contributed by atoms with Gasteiger partial charge in [0, 0.05) is 24.8 Å². The fourth-order valence-electron chi connectivity index (χ4n) is 5.32. The van der Waals surface area contributed by atoms with E-state index in [1.165, 1.54) is 49.7 Å². The van der Waals surface area contributed by atoms with E-state index >= 15 is 0 Å². The smallest absolute Gasteiger partial charge is 0.316 e. The van der Waals surface area contributed by atoms with E-state index in [1.54, 1.807) is 25.1 Å². The van der Waals surface area contributed by atoms with Crippen LogP contribution in [-0.4, -0.2) is 69.6 Å². The maximum absolute atomic E-state index is 14.8. The molecule has 1 atom stereocenters. The number of nitrogens with zero attached hydrogens (tertiary/aromatic N) is 4. The van der Waals surface area contributed by atoms with Gasteiger partial charge in [0.25, 0.3) is 15.9 Å². The monoisotopic (exact) mass is 590 g/mol. The number of hydrogen-bond donors (Lipinski definition) is 2. The summed E-state index contributed by atoms with van der Waals surface area (Å²) in [4.78, 5) is 34.5. The summed E-state index contributed by atoms with van der Waals surface area (Å²) in [6.45, 7) is 6.02. The van der Waals surface area contributed by atoms with Gasteiger partial charge in [-0.3, -0.25) is 9.69 Å². The molecule has 0 radical (unpaired) electrons. The number of pyridine rings is 1. The number of hydrogen-bond acceptors (Lipinski definition) is 9. The highest BCUT2D eigenvalue weighted by Crippen LogP contribution is 2.49. The summed E-state index contributed by atoms with van der Waals surface area (Å²) in [5.41, 5.74) is -1.79. The summed E-state index contributed by atoms with van der Waals surface area (Å²) in [6, 6.07) is 14.4. The van der Waals surface area contributed by atoms with E-state index in [4.69, 9.17) is 9.47 Å². The van der Waals surface area contributed by atoms with Crippen LogP contribution in [0.25, 0.3) is 0 Å². The van der Waals surface area contributed by atoms with Gasteiger partial charge in [-0.1, -0.05) is 19.1 Å². The molecule has 2 N–H and O–H groups in total. The molecular formula is C29H30N6O6S. The molecule has 3 amide bonds. The third kappa shape index (κ3) is 4.68. The number of amides is 3. The van der Waals surface area contributed by atoms with Gasteiger partial charge >= 0.3 is 6.03 Å². The van der Waals surface area contributed by atoms with Gasteiger partial charge in [-0.25, -0.2) is 18.2 Å². The molecule has 3 heterocycles. The van der Waals surface area contributed by atoms with E-state index in [1.807, 2.05) is 13.0 Å². The number of para-hydroxylation sites is 1. The van der Waals surface area contributed by atoms with Crippen LogP contribution in [-0.2, 0) is 20.4 Å². The van der Waals surface area contributed by atoms with Crippen LogP contribution in [0.3, 0.4) is 0 Å². The average molecular weight is 591 g/mol. The summed E-state index contributed by atoms with van der Waals surface area (Å²) >= 11 is 0. The Morgan fingerprint density at radius 3 is 2.60 bits per heavy atom. The van der Waals surface area contributed by atoms with Gasteiger partial charge in [0.15, 0.2) is 5.54 Å². The predicted octanol–water partition coefficient (Wildman–Crippen LogP) is 2.34. The highest BCUT2D eigenvalue weighted by molar-refractivity contribution is 7.93. The Hall–Kier alpha value is -4.67. The van der Waals surface area contributed by atoms with Crippen molar-refractivity contribution in [1.29, 1.82) is 5.26 Å². The van der Waals surface area contributed by atoms with Crippen molar-refractivity contribution in [3.05, 3.63) is 77.5 Å². The number of urea groups is 1. The molecule has 1 fully saturated rings. The fourth-order valence-corrected chi connectivity index (χ4v) is 6.94. The summed E-state index contributed by atoms with van der Waals surface area (Å²) in [5.74, 6) is -0.934. The lowest BCUT2D eigenvalue weighted by Gasteiger charge is -2.39. The first-order valence-electron chi connectivity index (χ1n) is 13.4. The minimum absolute atomic E-state index is 0.0271. The summed E-state index contributed by atoms with van der Waals surface area (Å²) in [7, 11) is -3.27. The predicted molar refractivity (Wildman–Crippen MR) is 153 cm³/mol. The fraction of sp³-hybridized carbons (Fsp3) is 0.310. The number of carbonyl (C=O) groups is 2. The molecule has 0 spiro atoms. The number of aromatic nitrogens is 1. The van der Waals surface area contributed by atoms with Gasteiger partial charge in [0.2, 0.25) is 5.88 Å². The van der Waals surface area contributed by atoms with Crippen molar-refractivity contribution in [2.45, 2.75) is 30.3 Å². The van der Waals surface area contributed by atoms with Crippen LogP contribution in [0.2, 0.25) is 0 Å². The molecule has 13 heteroatoms. The molecule has 218 valence electrons. The Morgan fingerprint density at radius 1 is 1.14 bits per heavy atom. The summed E-state index contributed by atoms with van der Waals surface area (Å²) in [6.07, 6.45) is 1.46. The number of rotatable bonds is 9. The van der Waals surface area contributed by atoms with Gasteiger partial charge in [-0.2, -0.15) is 9.57 Å². The SMILES string of the molecule is CCOc1ncccc1C1(NC(=O)NC2CN(CC)C2)C(=O)N(S(=O)(=O)c2ccccc2OC)c2ccc(C#N)cc21. The molecule has 2 aliphatic rings. The highest BCUT2D eigenvalue weighted by Gasteiger charge is 2.59. The van der Waals surface area contributed by atoms with Crippen LogP contribution in [0, 0.1) is 11.3 Å². The van der Waals surface area contributed by atoms with E-state index in [-0.39, 0.29) is 51.6 Å². The van der Waals surface area contributed by atoms with Crippen LogP contribution in [0.5, 0.6) is 11.6 Å². The van der Waals surface area contributed by atoms with Crippen molar-refractivity contribution >= 4 is 27.6 Å². The van der Waals surface area contributed by atoms with Crippen molar-refractivity contribution in [3.8, 4) is 17.7 Å². The van der Waals surface area contributed by atoms with E-state index in [2.05, 4.69) is 20.5 Å². The van der Waals surface area contributed by atoms with Gasteiger partial charge in [0.05, 0.1) is 42.6 Å². The number of sulfonamides is 1. The zero-order chi connectivity index (χ0) is 30.1. The lowest BCUT2D eigenvalue weighted by Crippen LogP contribution is -2.63. The Morgan fingerprint density at radius 2 is 1.90 bits per heavy atom. The second kappa shape index (κ2) is 11.3. The van der Waals surface area contributed by atoms with Crippen LogP contribution < -0.4 is 24.4 Å². The number of fused-ring (bicyclic) bond motifs is 1. The second-order valence-corrected chi connectivity index (χ2v) is 11.5. The minimum atomic E-state index is -4.59.